The second kappa shape index (κ2) is 7.55. The van der Waals surface area contributed by atoms with Crippen LogP contribution in [0.4, 0.5) is 0 Å². The van der Waals surface area contributed by atoms with E-state index in [1.165, 1.54) is 18.4 Å². The van der Waals surface area contributed by atoms with Crippen molar-refractivity contribution < 1.29 is 4.79 Å². The first-order chi connectivity index (χ1) is 12.9. The van der Waals surface area contributed by atoms with Crippen LogP contribution in [0.1, 0.15) is 49.7 Å². The number of carbonyl (C=O) groups is 1. The average molecular weight is 410 g/mol. The number of fused-ring (bicyclic) bond motifs is 1. The molecule has 2 atom stereocenters. The van der Waals surface area contributed by atoms with Crippen molar-refractivity contribution in [1.29, 1.82) is 0 Å². The number of piperazine rings is 1. The molecule has 1 aliphatic carbocycles. The number of likely N-dealkylation sites (tertiary alicyclic amines) is 1. The first-order valence-electron chi connectivity index (χ1n) is 10.1. The Morgan fingerprint density at radius 1 is 1.07 bits per heavy atom. The first kappa shape index (κ1) is 19.5. The molecule has 148 valence electrons. The molecule has 0 radical (unpaired) electrons. The van der Waals surface area contributed by atoms with Gasteiger partial charge in [0.2, 0.25) is 5.91 Å². The molecule has 3 aliphatic rings. The number of carbonyl (C=O) groups excluding carboxylic acids is 1. The number of benzene rings is 1. The number of amides is 1. The number of likely N-dealkylation sites (N-methyl/N-ethyl adjacent to an activating group) is 1. The molecule has 2 heterocycles. The number of aryl methyl sites for hydroxylation is 1. The van der Waals surface area contributed by atoms with Crippen LogP contribution in [0.25, 0.3) is 0 Å². The van der Waals surface area contributed by atoms with Crippen LogP contribution in [0.2, 0.25) is 10.0 Å². The molecule has 2 saturated heterocycles. The van der Waals surface area contributed by atoms with Crippen LogP contribution in [-0.4, -0.2) is 66.0 Å². The number of rotatable bonds is 2. The van der Waals surface area contributed by atoms with Gasteiger partial charge in [-0.25, -0.2) is 0 Å². The standard InChI is InChI=1S/C21H29Cl2N3O/c1-21(25-8-3-4-9-25)14-24(2)10-11-26(21)20(27)16-7-5-6-15-12-18(22)19(23)13-17(15)16/h12-13,16H,3-11,14H2,1-2H3. The quantitative estimate of drug-likeness (QED) is 0.738. The third-order valence-electron chi connectivity index (χ3n) is 6.70. The molecule has 4 rings (SSSR count). The SMILES string of the molecule is CN1CCN(C(=O)C2CCCc3cc(Cl)c(Cl)cc32)C(C)(N2CCCC2)C1. The molecule has 27 heavy (non-hydrogen) atoms. The molecule has 0 saturated carbocycles. The van der Waals surface area contributed by atoms with Gasteiger partial charge in [0.05, 0.1) is 16.0 Å². The van der Waals surface area contributed by atoms with Crippen LogP contribution in [0.3, 0.4) is 0 Å². The Morgan fingerprint density at radius 2 is 1.78 bits per heavy atom. The number of nitrogens with zero attached hydrogens (tertiary/aromatic N) is 3. The highest BCUT2D eigenvalue weighted by Gasteiger charge is 2.46. The van der Waals surface area contributed by atoms with Crippen molar-refractivity contribution in [2.75, 3.05) is 39.8 Å². The van der Waals surface area contributed by atoms with E-state index >= 15 is 0 Å². The van der Waals surface area contributed by atoms with E-state index in [0.29, 0.717) is 10.0 Å². The molecule has 6 heteroatoms. The highest BCUT2D eigenvalue weighted by Crippen LogP contribution is 2.40. The van der Waals surface area contributed by atoms with E-state index in [4.69, 9.17) is 23.2 Å². The van der Waals surface area contributed by atoms with Gasteiger partial charge in [-0.2, -0.15) is 0 Å². The van der Waals surface area contributed by atoms with Gasteiger partial charge in [0, 0.05) is 32.7 Å². The molecule has 0 N–H and O–H groups in total. The summed E-state index contributed by atoms with van der Waals surface area (Å²) in [5.41, 5.74) is 2.04. The predicted molar refractivity (Wildman–Crippen MR) is 111 cm³/mol. The monoisotopic (exact) mass is 409 g/mol. The van der Waals surface area contributed by atoms with Gasteiger partial charge in [-0.15, -0.1) is 0 Å². The highest BCUT2D eigenvalue weighted by atomic mass is 35.5. The Balaban J connectivity index is 1.66. The lowest BCUT2D eigenvalue weighted by molar-refractivity contribution is -0.155. The fourth-order valence-corrected chi connectivity index (χ4v) is 5.60. The molecule has 1 aromatic carbocycles. The maximum atomic E-state index is 13.8. The molecular formula is C21H29Cl2N3O. The number of halogens is 2. The number of hydrogen-bond donors (Lipinski definition) is 0. The Labute approximate surface area is 172 Å². The molecule has 2 fully saturated rings. The van der Waals surface area contributed by atoms with Crippen molar-refractivity contribution in [3.63, 3.8) is 0 Å². The zero-order chi connectivity index (χ0) is 19.2. The van der Waals surface area contributed by atoms with Crippen LogP contribution in [-0.2, 0) is 11.2 Å². The van der Waals surface area contributed by atoms with Gasteiger partial charge in [0.15, 0.2) is 0 Å². The molecule has 2 aliphatic heterocycles. The summed E-state index contributed by atoms with van der Waals surface area (Å²) in [6.45, 7) is 7.03. The van der Waals surface area contributed by atoms with Gasteiger partial charge < -0.3 is 9.80 Å². The van der Waals surface area contributed by atoms with Crippen molar-refractivity contribution in [1.82, 2.24) is 14.7 Å². The molecule has 2 unspecified atom stereocenters. The molecule has 0 bridgehead atoms. The zero-order valence-electron chi connectivity index (χ0n) is 16.3. The summed E-state index contributed by atoms with van der Waals surface area (Å²) in [5, 5.41) is 1.14. The third kappa shape index (κ3) is 3.50. The van der Waals surface area contributed by atoms with Crippen LogP contribution >= 0.6 is 23.2 Å². The molecular weight excluding hydrogens is 381 g/mol. The van der Waals surface area contributed by atoms with Gasteiger partial charge in [0.1, 0.15) is 5.66 Å². The van der Waals surface area contributed by atoms with Crippen molar-refractivity contribution in [2.45, 2.75) is 50.6 Å². The minimum atomic E-state index is -0.228. The first-order valence-corrected chi connectivity index (χ1v) is 10.9. The fourth-order valence-electron chi connectivity index (χ4n) is 5.25. The minimum absolute atomic E-state index is 0.103. The van der Waals surface area contributed by atoms with E-state index in [1.54, 1.807) is 0 Å². The molecule has 4 nitrogen and oxygen atoms in total. The van der Waals surface area contributed by atoms with Gasteiger partial charge >= 0.3 is 0 Å². The Bertz CT molecular complexity index is 734. The third-order valence-corrected chi connectivity index (χ3v) is 7.43. The van der Waals surface area contributed by atoms with Gasteiger partial charge in [0.25, 0.3) is 0 Å². The van der Waals surface area contributed by atoms with E-state index in [0.717, 1.165) is 57.5 Å². The normalized spacial score (nSPS) is 29.8. The summed E-state index contributed by atoms with van der Waals surface area (Å²) < 4.78 is 0. The lowest BCUT2D eigenvalue weighted by Gasteiger charge is -2.53. The lowest BCUT2D eigenvalue weighted by atomic mass is 9.81. The average Bonchev–Trinajstić information content (AvgIpc) is 3.17. The van der Waals surface area contributed by atoms with Crippen molar-refractivity contribution >= 4 is 29.1 Å². The largest absolute Gasteiger partial charge is 0.321 e. The lowest BCUT2D eigenvalue weighted by Crippen LogP contribution is -2.69. The van der Waals surface area contributed by atoms with Crippen molar-refractivity contribution in [2.24, 2.45) is 0 Å². The van der Waals surface area contributed by atoms with E-state index in [1.807, 2.05) is 12.1 Å². The van der Waals surface area contributed by atoms with Gasteiger partial charge in [-0.1, -0.05) is 23.2 Å². The summed E-state index contributed by atoms with van der Waals surface area (Å²) in [6.07, 6.45) is 5.34. The molecule has 1 amide bonds. The second-order valence-electron chi connectivity index (χ2n) is 8.55. The van der Waals surface area contributed by atoms with Crippen LogP contribution in [0.15, 0.2) is 12.1 Å². The summed E-state index contributed by atoms with van der Waals surface area (Å²) in [6, 6.07) is 3.90. The maximum absolute atomic E-state index is 13.8. The summed E-state index contributed by atoms with van der Waals surface area (Å²) in [4.78, 5) is 20.8. The van der Waals surface area contributed by atoms with Crippen LogP contribution in [0, 0.1) is 0 Å². The van der Waals surface area contributed by atoms with Crippen molar-refractivity contribution in [3.8, 4) is 0 Å². The topological polar surface area (TPSA) is 26.8 Å². The summed E-state index contributed by atoms with van der Waals surface area (Å²) in [7, 11) is 2.16. The smallest absolute Gasteiger partial charge is 0.231 e. The Morgan fingerprint density at radius 3 is 2.52 bits per heavy atom. The van der Waals surface area contributed by atoms with Gasteiger partial charge in [-0.05, 0) is 69.3 Å². The summed E-state index contributed by atoms with van der Waals surface area (Å²) in [5.74, 6) is 0.158. The van der Waals surface area contributed by atoms with E-state index in [-0.39, 0.29) is 17.5 Å². The number of hydrogen-bond acceptors (Lipinski definition) is 3. The fraction of sp³-hybridized carbons (Fsp3) is 0.667. The molecule has 0 aromatic heterocycles. The maximum Gasteiger partial charge on any atom is 0.231 e. The van der Waals surface area contributed by atoms with E-state index < -0.39 is 0 Å². The van der Waals surface area contributed by atoms with Crippen LogP contribution in [0.5, 0.6) is 0 Å². The van der Waals surface area contributed by atoms with E-state index in [9.17, 15) is 4.79 Å². The molecule has 1 aromatic rings. The predicted octanol–water partition coefficient (Wildman–Crippen LogP) is 4.00. The Kier molecular flexibility index (Phi) is 5.45. The van der Waals surface area contributed by atoms with Crippen LogP contribution < -0.4 is 0 Å². The van der Waals surface area contributed by atoms with E-state index in [2.05, 4.69) is 28.7 Å². The Hall–Kier alpha value is -0.810. The molecule has 0 spiro atoms. The second-order valence-corrected chi connectivity index (χ2v) is 9.36. The highest BCUT2D eigenvalue weighted by molar-refractivity contribution is 6.42. The summed E-state index contributed by atoms with van der Waals surface area (Å²) >= 11 is 12.5. The van der Waals surface area contributed by atoms with Gasteiger partial charge in [-0.3, -0.25) is 9.69 Å². The minimum Gasteiger partial charge on any atom is -0.321 e. The van der Waals surface area contributed by atoms with Crippen molar-refractivity contribution in [3.05, 3.63) is 33.3 Å². The zero-order valence-corrected chi connectivity index (χ0v) is 17.8.